The molecule has 0 radical (unpaired) electrons. The summed E-state index contributed by atoms with van der Waals surface area (Å²) in [6.07, 6.45) is 1.83. The maximum atomic E-state index is 4.71. The molecule has 5 nitrogen and oxygen atoms in total. The van der Waals surface area contributed by atoms with Crippen LogP contribution in [0.3, 0.4) is 0 Å². The van der Waals surface area contributed by atoms with Crippen LogP contribution in [-0.2, 0) is 6.54 Å². The summed E-state index contributed by atoms with van der Waals surface area (Å²) in [4.78, 5) is 11.1. The molecule has 2 N–H and O–H groups in total. The van der Waals surface area contributed by atoms with Gasteiger partial charge in [-0.25, -0.2) is 9.98 Å². The summed E-state index contributed by atoms with van der Waals surface area (Å²) in [5.41, 5.74) is 3.77. The lowest BCUT2D eigenvalue weighted by Crippen LogP contribution is -2.39. The molecule has 0 aliphatic rings. The van der Waals surface area contributed by atoms with Gasteiger partial charge in [-0.3, -0.25) is 0 Å². The van der Waals surface area contributed by atoms with E-state index in [0.717, 1.165) is 30.4 Å². The van der Waals surface area contributed by atoms with E-state index in [9.17, 15) is 0 Å². The Morgan fingerprint density at radius 1 is 1.15 bits per heavy atom. The molecule has 1 heterocycles. The third-order valence-corrected chi connectivity index (χ3v) is 4.25. The topological polar surface area (TPSA) is 52.6 Å². The van der Waals surface area contributed by atoms with Gasteiger partial charge in [0, 0.05) is 33.4 Å². The largest absolute Gasteiger partial charge is 0.363 e. The first-order valence-corrected chi connectivity index (χ1v) is 9.20. The lowest BCUT2D eigenvalue weighted by molar-refractivity contribution is 0.699. The van der Waals surface area contributed by atoms with Crippen LogP contribution in [0.25, 0.3) is 0 Å². The number of nitrogens with zero attached hydrogens (tertiary/aromatic N) is 3. The van der Waals surface area contributed by atoms with Gasteiger partial charge in [0.25, 0.3) is 0 Å². The molecule has 0 amide bonds. The van der Waals surface area contributed by atoms with Gasteiger partial charge in [-0.05, 0) is 43.0 Å². The number of aromatic nitrogens is 1. The first kappa shape index (κ1) is 19.8. The van der Waals surface area contributed by atoms with Crippen LogP contribution in [0.5, 0.6) is 0 Å². The summed E-state index contributed by atoms with van der Waals surface area (Å²) in [6.45, 7) is 8.73. The molecule has 0 fully saturated rings. The minimum absolute atomic E-state index is 0.417. The highest BCUT2D eigenvalue weighted by Gasteiger charge is 2.07. The smallest absolute Gasteiger partial charge is 0.191 e. The number of pyridine rings is 1. The number of nitrogens with one attached hydrogen (secondary N) is 2. The van der Waals surface area contributed by atoms with Crippen molar-refractivity contribution >= 4 is 11.8 Å². The Hall–Kier alpha value is -2.56. The number of hydrogen-bond donors (Lipinski definition) is 2. The number of hydrogen-bond acceptors (Lipinski definition) is 3. The Morgan fingerprint density at radius 3 is 2.54 bits per heavy atom. The second-order valence-corrected chi connectivity index (χ2v) is 6.80. The zero-order valence-electron chi connectivity index (χ0n) is 16.6. The van der Waals surface area contributed by atoms with Crippen molar-refractivity contribution in [2.75, 3.05) is 32.1 Å². The highest BCUT2D eigenvalue weighted by atomic mass is 15.2. The molecule has 1 atom stereocenters. The summed E-state index contributed by atoms with van der Waals surface area (Å²) in [6, 6.07) is 12.8. The zero-order chi connectivity index (χ0) is 18.9. The maximum absolute atomic E-state index is 4.71. The lowest BCUT2D eigenvalue weighted by Gasteiger charge is -2.17. The van der Waals surface area contributed by atoms with Crippen molar-refractivity contribution in [1.29, 1.82) is 0 Å². The SMILES string of the molecule is CCNC(=NCc1ccnc(N(C)C)c1)NCC(C)c1ccc(C)cc1. The van der Waals surface area contributed by atoms with E-state index >= 15 is 0 Å². The van der Waals surface area contributed by atoms with Crippen molar-refractivity contribution in [3.05, 3.63) is 59.3 Å². The third-order valence-electron chi connectivity index (χ3n) is 4.25. The van der Waals surface area contributed by atoms with Crippen LogP contribution in [0.1, 0.15) is 36.5 Å². The van der Waals surface area contributed by atoms with Gasteiger partial charge in [-0.1, -0.05) is 36.8 Å². The Morgan fingerprint density at radius 2 is 1.88 bits per heavy atom. The summed E-state index contributed by atoms with van der Waals surface area (Å²) in [7, 11) is 3.99. The molecule has 0 aliphatic carbocycles. The molecule has 1 aromatic carbocycles. The fourth-order valence-corrected chi connectivity index (χ4v) is 2.58. The second kappa shape index (κ2) is 9.80. The summed E-state index contributed by atoms with van der Waals surface area (Å²) in [5, 5.41) is 6.77. The predicted octanol–water partition coefficient (Wildman–Crippen LogP) is 3.31. The highest BCUT2D eigenvalue weighted by Crippen LogP contribution is 2.15. The van der Waals surface area contributed by atoms with Crippen LogP contribution in [0.4, 0.5) is 5.82 Å². The monoisotopic (exact) mass is 353 g/mol. The fraction of sp³-hybridized carbons (Fsp3) is 0.429. The van der Waals surface area contributed by atoms with Gasteiger partial charge in [-0.2, -0.15) is 0 Å². The van der Waals surface area contributed by atoms with Crippen LogP contribution < -0.4 is 15.5 Å². The van der Waals surface area contributed by atoms with Crippen molar-refractivity contribution in [3.63, 3.8) is 0 Å². The lowest BCUT2D eigenvalue weighted by atomic mass is 10.0. The van der Waals surface area contributed by atoms with Crippen molar-refractivity contribution in [2.24, 2.45) is 4.99 Å². The van der Waals surface area contributed by atoms with E-state index in [2.05, 4.69) is 66.7 Å². The quantitative estimate of drug-likeness (QED) is 0.592. The molecule has 2 rings (SSSR count). The van der Waals surface area contributed by atoms with Crippen molar-refractivity contribution in [3.8, 4) is 0 Å². The number of aryl methyl sites for hydroxylation is 1. The third kappa shape index (κ3) is 6.06. The average molecular weight is 354 g/mol. The number of guanidine groups is 1. The van der Waals surface area contributed by atoms with E-state index in [1.54, 1.807) is 0 Å². The maximum Gasteiger partial charge on any atom is 0.191 e. The van der Waals surface area contributed by atoms with Gasteiger partial charge in [0.05, 0.1) is 6.54 Å². The van der Waals surface area contributed by atoms with E-state index in [0.29, 0.717) is 12.5 Å². The number of benzene rings is 1. The minimum atomic E-state index is 0.417. The molecule has 0 bridgehead atoms. The van der Waals surface area contributed by atoms with E-state index in [4.69, 9.17) is 4.99 Å². The standard InChI is InChI=1S/C21H31N5/c1-6-22-21(24-14-17(3)19-9-7-16(2)8-10-19)25-15-18-11-12-23-20(13-18)26(4)5/h7-13,17H,6,14-15H2,1-5H3,(H2,22,24,25). The van der Waals surface area contributed by atoms with Gasteiger partial charge < -0.3 is 15.5 Å². The van der Waals surface area contributed by atoms with E-state index in [1.807, 2.05) is 31.3 Å². The molecule has 1 unspecified atom stereocenters. The Kier molecular flexibility index (Phi) is 7.45. The molecule has 2 aromatic rings. The molecular weight excluding hydrogens is 322 g/mol. The zero-order valence-corrected chi connectivity index (χ0v) is 16.6. The number of rotatable bonds is 7. The van der Waals surface area contributed by atoms with Crippen LogP contribution >= 0.6 is 0 Å². The van der Waals surface area contributed by atoms with Crippen molar-refractivity contribution in [1.82, 2.24) is 15.6 Å². The molecule has 140 valence electrons. The van der Waals surface area contributed by atoms with Crippen molar-refractivity contribution < 1.29 is 0 Å². The molecule has 1 aromatic heterocycles. The van der Waals surface area contributed by atoms with Crippen LogP contribution in [-0.4, -0.2) is 38.1 Å². The molecule has 5 heteroatoms. The van der Waals surface area contributed by atoms with Crippen LogP contribution in [0, 0.1) is 6.92 Å². The second-order valence-electron chi connectivity index (χ2n) is 6.80. The molecule has 0 saturated carbocycles. The van der Waals surface area contributed by atoms with Gasteiger partial charge in [0.15, 0.2) is 5.96 Å². The molecular formula is C21H31N5. The van der Waals surface area contributed by atoms with E-state index in [-0.39, 0.29) is 0 Å². The van der Waals surface area contributed by atoms with Crippen LogP contribution in [0.15, 0.2) is 47.6 Å². The van der Waals surface area contributed by atoms with Gasteiger partial charge in [0.1, 0.15) is 5.82 Å². The van der Waals surface area contributed by atoms with E-state index in [1.165, 1.54) is 11.1 Å². The molecule has 0 spiro atoms. The fourth-order valence-electron chi connectivity index (χ4n) is 2.58. The molecule has 0 aliphatic heterocycles. The average Bonchev–Trinajstić information content (AvgIpc) is 2.64. The number of aliphatic imine (C=N–C) groups is 1. The Balaban J connectivity index is 1.97. The first-order valence-electron chi connectivity index (χ1n) is 9.20. The van der Waals surface area contributed by atoms with Crippen molar-refractivity contribution in [2.45, 2.75) is 33.2 Å². The molecule has 0 saturated heterocycles. The molecule has 26 heavy (non-hydrogen) atoms. The predicted molar refractivity (Wildman–Crippen MR) is 111 cm³/mol. The van der Waals surface area contributed by atoms with Gasteiger partial charge in [-0.15, -0.1) is 0 Å². The van der Waals surface area contributed by atoms with Gasteiger partial charge >= 0.3 is 0 Å². The van der Waals surface area contributed by atoms with Crippen LogP contribution in [0.2, 0.25) is 0 Å². The van der Waals surface area contributed by atoms with E-state index < -0.39 is 0 Å². The Labute approximate surface area is 157 Å². The Bertz CT molecular complexity index is 707. The highest BCUT2D eigenvalue weighted by molar-refractivity contribution is 5.79. The minimum Gasteiger partial charge on any atom is -0.363 e. The first-order chi connectivity index (χ1) is 12.5. The summed E-state index contributed by atoms with van der Waals surface area (Å²) >= 11 is 0. The summed E-state index contributed by atoms with van der Waals surface area (Å²) in [5.74, 6) is 2.21. The summed E-state index contributed by atoms with van der Waals surface area (Å²) < 4.78 is 0. The number of anilines is 1. The normalized spacial score (nSPS) is 12.6. The van der Waals surface area contributed by atoms with Gasteiger partial charge in [0.2, 0.25) is 0 Å².